The molecule has 3 aliphatic carbocycles. The van der Waals surface area contributed by atoms with Crippen molar-refractivity contribution >= 4 is 0 Å². The Morgan fingerprint density at radius 1 is 1.19 bits per heavy atom. The maximum absolute atomic E-state index is 10.5. The normalized spacial score (nSPS) is 54.1. The second kappa shape index (κ2) is 2.93. The third-order valence-electron chi connectivity index (χ3n) is 6.22. The Labute approximate surface area is 98.9 Å². The molecule has 5 atom stereocenters. The van der Waals surface area contributed by atoms with Crippen molar-refractivity contribution in [3.63, 3.8) is 0 Å². The molecular formula is C15H24O. The number of hydrogen-bond acceptors (Lipinski definition) is 1. The minimum Gasteiger partial charge on any atom is -0.392 e. The molecule has 1 nitrogen and oxygen atoms in total. The first-order valence-corrected chi connectivity index (χ1v) is 6.76. The van der Waals surface area contributed by atoms with Gasteiger partial charge in [0.1, 0.15) is 0 Å². The molecule has 3 aliphatic rings. The van der Waals surface area contributed by atoms with Gasteiger partial charge in [0.15, 0.2) is 0 Å². The van der Waals surface area contributed by atoms with E-state index in [1.807, 2.05) is 0 Å². The highest BCUT2D eigenvalue weighted by molar-refractivity contribution is 5.31. The molecule has 0 amide bonds. The molecule has 1 heteroatoms. The second-order valence-corrected chi connectivity index (χ2v) is 7.17. The summed E-state index contributed by atoms with van der Waals surface area (Å²) in [7, 11) is 0. The second-order valence-electron chi connectivity index (χ2n) is 7.17. The largest absolute Gasteiger partial charge is 0.392 e. The summed E-state index contributed by atoms with van der Waals surface area (Å²) in [6.45, 7) is 11.4. The van der Waals surface area contributed by atoms with E-state index in [0.29, 0.717) is 17.3 Å². The highest BCUT2D eigenvalue weighted by Crippen LogP contribution is 2.69. The van der Waals surface area contributed by atoms with Crippen LogP contribution in [0.25, 0.3) is 0 Å². The Bertz CT molecular complexity index is 343. The van der Waals surface area contributed by atoms with Crippen LogP contribution in [0.15, 0.2) is 12.2 Å². The van der Waals surface area contributed by atoms with E-state index in [-0.39, 0.29) is 11.5 Å². The molecule has 0 aromatic heterocycles. The predicted molar refractivity (Wildman–Crippen MR) is 66.0 cm³/mol. The Hall–Kier alpha value is -0.300. The van der Waals surface area contributed by atoms with Gasteiger partial charge >= 0.3 is 0 Å². The van der Waals surface area contributed by atoms with Gasteiger partial charge in [-0.05, 0) is 48.9 Å². The molecule has 0 aromatic rings. The molecule has 0 unspecified atom stereocenters. The first-order valence-electron chi connectivity index (χ1n) is 6.76. The molecular weight excluding hydrogens is 196 g/mol. The van der Waals surface area contributed by atoms with E-state index < -0.39 is 0 Å². The molecule has 16 heavy (non-hydrogen) atoms. The lowest BCUT2D eigenvalue weighted by Gasteiger charge is -2.39. The van der Waals surface area contributed by atoms with Gasteiger partial charge in [-0.2, -0.15) is 0 Å². The zero-order valence-corrected chi connectivity index (χ0v) is 10.8. The molecule has 3 rings (SSSR count). The first kappa shape index (κ1) is 10.8. The molecule has 3 saturated carbocycles. The molecule has 4 bridgehead atoms. The average molecular weight is 220 g/mol. The summed E-state index contributed by atoms with van der Waals surface area (Å²) in [6, 6.07) is 0. The molecule has 0 saturated heterocycles. The van der Waals surface area contributed by atoms with Crippen molar-refractivity contribution in [2.75, 3.05) is 0 Å². The van der Waals surface area contributed by atoms with Gasteiger partial charge in [0.05, 0.1) is 6.10 Å². The topological polar surface area (TPSA) is 20.2 Å². The van der Waals surface area contributed by atoms with Crippen molar-refractivity contribution in [1.29, 1.82) is 0 Å². The van der Waals surface area contributed by atoms with Crippen LogP contribution in [-0.2, 0) is 0 Å². The quantitative estimate of drug-likeness (QED) is 0.620. The van der Waals surface area contributed by atoms with Crippen LogP contribution in [0.2, 0.25) is 0 Å². The third kappa shape index (κ3) is 1.01. The maximum atomic E-state index is 10.5. The summed E-state index contributed by atoms with van der Waals surface area (Å²) in [5.74, 6) is 2.17. The zero-order chi connectivity index (χ0) is 11.7. The van der Waals surface area contributed by atoms with Crippen molar-refractivity contribution in [3.05, 3.63) is 12.2 Å². The molecule has 90 valence electrons. The monoisotopic (exact) mass is 220 g/mol. The van der Waals surface area contributed by atoms with Crippen molar-refractivity contribution in [3.8, 4) is 0 Å². The molecule has 0 radical (unpaired) electrons. The van der Waals surface area contributed by atoms with Gasteiger partial charge in [-0.1, -0.05) is 32.9 Å². The van der Waals surface area contributed by atoms with E-state index in [0.717, 1.165) is 12.3 Å². The van der Waals surface area contributed by atoms with Crippen molar-refractivity contribution in [2.45, 2.75) is 52.6 Å². The standard InChI is InChI=1S/C15H24O/c1-9-10-5-6-11-13(10)14(2,3)8-7-12(16)15(9,11)4/h10-13,16H,1,5-8H2,2-4H3/t10-,11-,12-,13+,15-/m0/s1. The highest BCUT2D eigenvalue weighted by Gasteiger charge is 2.64. The van der Waals surface area contributed by atoms with Gasteiger partial charge in [-0.15, -0.1) is 0 Å². The van der Waals surface area contributed by atoms with Crippen LogP contribution in [0, 0.1) is 28.6 Å². The van der Waals surface area contributed by atoms with Gasteiger partial charge in [-0.3, -0.25) is 0 Å². The molecule has 0 aromatic carbocycles. The lowest BCUT2D eigenvalue weighted by atomic mass is 9.67. The molecule has 1 N–H and O–H groups in total. The fraction of sp³-hybridized carbons (Fsp3) is 0.867. The first-order chi connectivity index (χ1) is 7.39. The van der Waals surface area contributed by atoms with Crippen LogP contribution in [0.4, 0.5) is 0 Å². The van der Waals surface area contributed by atoms with Gasteiger partial charge in [-0.25, -0.2) is 0 Å². The van der Waals surface area contributed by atoms with E-state index in [4.69, 9.17) is 0 Å². The van der Waals surface area contributed by atoms with E-state index in [2.05, 4.69) is 27.4 Å². The Balaban J connectivity index is 2.13. The van der Waals surface area contributed by atoms with Gasteiger partial charge in [0.25, 0.3) is 0 Å². The number of rotatable bonds is 0. The fourth-order valence-corrected chi connectivity index (χ4v) is 5.23. The summed E-state index contributed by atoms with van der Waals surface area (Å²) in [6.07, 6.45) is 4.61. The minimum atomic E-state index is -0.153. The Morgan fingerprint density at radius 2 is 1.88 bits per heavy atom. The summed E-state index contributed by atoms with van der Waals surface area (Å²) in [5, 5.41) is 10.5. The van der Waals surface area contributed by atoms with Crippen LogP contribution < -0.4 is 0 Å². The van der Waals surface area contributed by atoms with Crippen molar-refractivity contribution in [1.82, 2.24) is 0 Å². The van der Waals surface area contributed by atoms with Gasteiger partial charge < -0.3 is 5.11 Å². The van der Waals surface area contributed by atoms with Crippen LogP contribution in [-0.4, -0.2) is 11.2 Å². The number of aliphatic hydroxyl groups excluding tert-OH is 1. The molecule has 0 aliphatic heterocycles. The number of aliphatic hydroxyl groups is 1. The average Bonchev–Trinajstić information content (AvgIpc) is 2.72. The van der Waals surface area contributed by atoms with E-state index in [1.54, 1.807) is 0 Å². The van der Waals surface area contributed by atoms with Crippen molar-refractivity contribution < 1.29 is 5.11 Å². The number of hydrogen-bond donors (Lipinski definition) is 1. The lowest BCUT2D eigenvalue weighted by Crippen LogP contribution is -2.38. The smallest absolute Gasteiger partial charge is 0.0633 e. The van der Waals surface area contributed by atoms with E-state index in [9.17, 15) is 5.11 Å². The SMILES string of the molecule is C=C1[C@@H]2CC[C@H]3[C@@H]2C(C)(C)CC[C@H](O)[C@@]13C. The van der Waals surface area contributed by atoms with E-state index in [1.165, 1.54) is 24.8 Å². The summed E-state index contributed by atoms with van der Waals surface area (Å²) in [5.41, 5.74) is 1.79. The van der Waals surface area contributed by atoms with Crippen LogP contribution in [0.5, 0.6) is 0 Å². The summed E-state index contributed by atoms with van der Waals surface area (Å²) < 4.78 is 0. The highest BCUT2D eigenvalue weighted by atomic mass is 16.3. The lowest BCUT2D eigenvalue weighted by molar-refractivity contribution is 0.0249. The zero-order valence-electron chi connectivity index (χ0n) is 10.8. The molecule has 0 heterocycles. The van der Waals surface area contributed by atoms with Gasteiger partial charge in [0, 0.05) is 5.41 Å². The molecule has 3 fully saturated rings. The third-order valence-corrected chi connectivity index (χ3v) is 6.22. The molecule has 0 spiro atoms. The fourth-order valence-electron chi connectivity index (χ4n) is 5.23. The van der Waals surface area contributed by atoms with Crippen LogP contribution in [0.3, 0.4) is 0 Å². The van der Waals surface area contributed by atoms with Crippen LogP contribution in [0.1, 0.15) is 46.5 Å². The summed E-state index contributed by atoms with van der Waals surface area (Å²) >= 11 is 0. The van der Waals surface area contributed by atoms with Gasteiger partial charge in [0.2, 0.25) is 0 Å². The minimum absolute atomic E-state index is 0.0291. The van der Waals surface area contributed by atoms with E-state index >= 15 is 0 Å². The van der Waals surface area contributed by atoms with Crippen LogP contribution >= 0.6 is 0 Å². The predicted octanol–water partition coefficient (Wildman–Crippen LogP) is 3.39. The Morgan fingerprint density at radius 3 is 2.56 bits per heavy atom. The maximum Gasteiger partial charge on any atom is 0.0633 e. The Kier molecular flexibility index (Phi) is 1.98. The van der Waals surface area contributed by atoms with Crippen molar-refractivity contribution in [2.24, 2.45) is 28.6 Å². The summed E-state index contributed by atoms with van der Waals surface area (Å²) in [4.78, 5) is 0.